The number of benzene rings is 1. The summed E-state index contributed by atoms with van der Waals surface area (Å²) in [4.78, 5) is 19.0. The predicted octanol–water partition coefficient (Wildman–Crippen LogP) is 10.0. The predicted molar refractivity (Wildman–Crippen MR) is 209 cm³/mol. The molecule has 0 bridgehead atoms. The normalized spacial score (nSPS) is 18.5. The topological polar surface area (TPSA) is 92.3 Å². The minimum absolute atomic E-state index is 0.0640. The van der Waals surface area contributed by atoms with Gasteiger partial charge in [-0.15, -0.1) is 0 Å². The van der Waals surface area contributed by atoms with E-state index >= 15 is 4.39 Å². The van der Waals surface area contributed by atoms with Crippen molar-refractivity contribution in [3.63, 3.8) is 0 Å². The van der Waals surface area contributed by atoms with Crippen LogP contribution in [0, 0.1) is 18.7 Å². The molecular weight excluding hydrogens is 641 g/mol. The molecule has 3 saturated heterocycles. The van der Waals surface area contributed by atoms with Crippen molar-refractivity contribution in [1.82, 2.24) is 30.0 Å². The molecule has 3 aromatic heterocycles. The fraction of sp³-hybridized carbons (Fsp3) is 0.610. The van der Waals surface area contributed by atoms with Crippen molar-refractivity contribution in [3.8, 4) is 17.3 Å². The lowest BCUT2D eigenvalue weighted by Gasteiger charge is -2.33. The van der Waals surface area contributed by atoms with Crippen LogP contribution in [0.1, 0.15) is 112 Å². The molecule has 280 valence electrons. The van der Waals surface area contributed by atoms with Crippen LogP contribution >= 0.6 is 0 Å². The average Bonchev–Trinajstić information content (AvgIpc) is 3.71. The fourth-order valence-corrected chi connectivity index (χ4v) is 7.19. The van der Waals surface area contributed by atoms with E-state index in [2.05, 4.69) is 43.5 Å². The van der Waals surface area contributed by atoms with Crippen LogP contribution in [0.2, 0.25) is 0 Å². The number of piperidine rings is 1. The lowest BCUT2D eigenvalue weighted by atomic mass is 9.95. The van der Waals surface area contributed by atoms with E-state index in [0.29, 0.717) is 23.5 Å². The van der Waals surface area contributed by atoms with Gasteiger partial charge in [0.2, 0.25) is 0 Å². The zero-order valence-electron chi connectivity index (χ0n) is 32.6. The number of aromatic amines is 1. The van der Waals surface area contributed by atoms with E-state index in [1.54, 1.807) is 12.4 Å². The molecule has 9 nitrogen and oxygen atoms in total. The molecule has 1 aliphatic carbocycles. The Labute approximate surface area is 305 Å². The lowest BCUT2D eigenvalue weighted by Crippen LogP contribution is -2.43. The van der Waals surface area contributed by atoms with Crippen LogP contribution in [0.5, 0.6) is 6.01 Å². The summed E-state index contributed by atoms with van der Waals surface area (Å²) < 4.78 is 27.6. The Morgan fingerprint density at radius 3 is 2.29 bits per heavy atom. The zero-order chi connectivity index (χ0) is 37.0. The van der Waals surface area contributed by atoms with Crippen LogP contribution < -0.4 is 9.64 Å². The number of hydrogen-bond acceptors (Lipinski definition) is 8. The van der Waals surface area contributed by atoms with E-state index in [-0.39, 0.29) is 22.8 Å². The molecular formula is C41H62FN7O2. The Balaban J connectivity index is 0.000000389. The van der Waals surface area contributed by atoms with Crippen molar-refractivity contribution < 1.29 is 13.9 Å². The summed E-state index contributed by atoms with van der Waals surface area (Å²) in [7, 11) is 0. The second-order valence-electron chi connectivity index (χ2n) is 13.8. The molecule has 1 N–H and O–H groups in total. The Hall–Kier alpha value is -3.79. The van der Waals surface area contributed by atoms with Crippen LogP contribution in [0.15, 0.2) is 36.9 Å². The molecule has 6 heterocycles. The van der Waals surface area contributed by atoms with Crippen molar-refractivity contribution >= 4 is 27.6 Å². The Kier molecular flexibility index (Phi) is 15.0. The van der Waals surface area contributed by atoms with Gasteiger partial charge < -0.3 is 14.4 Å². The van der Waals surface area contributed by atoms with Gasteiger partial charge >= 0.3 is 6.01 Å². The zero-order valence-corrected chi connectivity index (χ0v) is 32.6. The maximum atomic E-state index is 16.4. The van der Waals surface area contributed by atoms with Crippen molar-refractivity contribution in [2.75, 3.05) is 44.3 Å². The second-order valence-corrected chi connectivity index (χ2v) is 13.8. The first-order valence-corrected chi connectivity index (χ1v) is 19.5. The molecule has 0 amide bonds. The Bertz CT molecular complexity index is 1690. The summed E-state index contributed by atoms with van der Waals surface area (Å²) in [5, 5.41) is 8.63. The molecule has 0 spiro atoms. The first kappa shape index (κ1) is 40.0. The van der Waals surface area contributed by atoms with Crippen LogP contribution in [-0.4, -0.2) is 75.0 Å². The third-order valence-electron chi connectivity index (χ3n) is 9.58. The summed E-state index contributed by atoms with van der Waals surface area (Å²) in [6.07, 6.45) is 14.9. The molecule has 1 unspecified atom stereocenters. The first-order valence-electron chi connectivity index (χ1n) is 19.5. The van der Waals surface area contributed by atoms with E-state index in [1.807, 2.05) is 60.6 Å². The molecule has 4 fully saturated rings. The molecule has 1 aromatic carbocycles. The van der Waals surface area contributed by atoms with Gasteiger partial charge in [-0.25, -0.2) is 4.39 Å². The largest absolute Gasteiger partial charge is 0.499 e. The van der Waals surface area contributed by atoms with Gasteiger partial charge in [-0.3, -0.25) is 15.0 Å². The number of fused-ring (bicyclic) bond motifs is 3. The molecule has 1 atom stereocenters. The third kappa shape index (κ3) is 9.96. The van der Waals surface area contributed by atoms with Crippen molar-refractivity contribution in [2.45, 2.75) is 119 Å². The van der Waals surface area contributed by atoms with Crippen LogP contribution in [0.4, 0.5) is 10.2 Å². The van der Waals surface area contributed by atoms with Gasteiger partial charge in [0, 0.05) is 30.2 Å². The standard InChI is InChI=1S/C29H34FN7O.C5H10O.C3H6.2C2H6/c1-18-6-3-9-36(16-18)27-22-14-31-25(20-12-19(2)13-23-21(20)15-32-35-23)24(30)26(22)33-28(34-27)38-17-29-7-4-10-37(29)11-5-8-29;1-4-6-5(2)3;1-2-3-1;2*1-2/h12-15,18H,3-11,16-17H2,1-2H3,(H,32,35);2,4H2,1,3H3;1-3H2;2*1-2H3. The highest BCUT2D eigenvalue weighted by atomic mass is 19.1. The molecule has 1 saturated carbocycles. The van der Waals surface area contributed by atoms with E-state index in [9.17, 15) is 0 Å². The third-order valence-corrected chi connectivity index (χ3v) is 9.58. The minimum atomic E-state index is -0.448. The van der Waals surface area contributed by atoms with Gasteiger partial charge in [0.15, 0.2) is 5.82 Å². The maximum Gasteiger partial charge on any atom is 0.319 e. The quantitative estimate of drug-likeness (QED) is 0.190. The van der Waals surface area contributed by atoms with Crippen LogP contribution in [0.25, 0.3) is 33.1 Å². The van der Waals surface area contributed by atoms with Gasteiger partial charge in [0.25, 0.3) is 0 Å². The molecule has 10 heteroatoms. The van der Waals surface area contributed by atoms with E-state index in [0.717, 1.165) is 80.1 Å². The Morgan fingerprint density at radius 2 is 1.69 bits per heavy atom. The van der Waals surface area contributed by atoms with Gasteiger partial charge in [0.1, 0.15) is 23.6 Å². The SMILES string of the molecule is C1CC1.C=C(C)OCC.CC.CC.Cc1cc(-c2ncc3c(N4CCCC(C)C4)nc(OCC45CCCN4CCC5)nc3c2F)c2cn[nH]c2c1. The number of aromatic nitrogens is 5. The number of halogens is 1. The summed E-state index contributed by atoms with van der Waals surface area (Å²) >= 11 is 0. The number of anilines is 1. The highest BCUT2D eigenvalue weighted by molar-refractivity contribution is 5.98. The number of ether oxygens (including phenoxy) is 2. The number of allylic oxidation sites excluding steroid dienone is 1. The summed E-state index contributed by atoms with van der Waals surface area (Å²) in [6.45, 7) is 24.8. The number of hydrogen-bond donors (Lipinski definition) is 1. The van der Waals surface area contributed by atoms with Crippen molar-refractivity contribution in [3.05, 3.63) is 48.2 Å². The summed E-state index contributed by atoms with van der Waals surface area (Å²) in [6, 6.07) is 4.21. The summed E-state index contributed by atoms with van der Waals surface area (Å²) in [5.74, 6) is 1.61. The average molecular weight is 704 g/mol. The monoisotopic (exact) mass is 703 g/mol. The van der Waals surface area contributed by atoms with Crippen LogP contribution in [-0.2, 0) is 4.74 Å². The smallest absolute Gasteiger partial charge is 0.319 e. The van der Waals surface area contributed by atoms with E-state index in [4.69, 9.17) is 14.5 Å². The highest BCUT2D eigenvalue weighted by Crippen LogP contribution is 2.40. The van der Waals surface area contributed by atoms with Crippen molar-refractivity contribution in [1.29, 1.82) is 0 Å². The molecule has 4 aliphatic rings. The number of H-pyrrole nitrogens is 1. The van der Waals surface area contributed by atoms with Gasteiger partial charge in [-0.2, -0.15) is 15.1 Å². The van der Waals surface area contributed by atoms with Gasteiger partial charge in [-0.1, -0.05) is 60.5 Å². The van der Waals surface area contributed by atoms with Crippen molar-refractivity contribution in [2.24, 2.45) is 5.92 Å². The molecule has 3 aliphatic heterocycles. The summed E-state index contributed by atoms with van der Waals surface area (Å²) in [5.41, 5.74) is 3.16. The minimum Gasteiger partial charge on any atom is -0.499 e. The van der Waals surface area contributed by atoms with Gasteiger partial charge in [0.05, 0.1) is 35.0 Å². The maximum absolute atomic E-state index is 16.4. The molecule has 8 rings (SSSR count). The number of pyridine rings is 1. The van der Waals surface area contributed by atoms with Crippen LogP contribution in [0.3, 0.4) is 0 Å². The highest BCUT2D eigenvalue weighted by Gasteiger charge is 2.45. The van der Waals surface area contributed by atoms with Gasteiger partial charge in [-0.05, 0) is 96.0 Å². The first-order chi connectivity index (χ1) is 24.8. The number of rotatable bonds is 7. The second kappa shape index (κ2) is 19.2. The number of nitrogens with one attached hydrogen (secondary N) is 1. The number of nitrogens with zero attached hydrogens (tertiary/aromatic N) is 6. The molecule has 0 radical (unpaired) electrons. The fourth-order valence-electron chi connectivity index (χ4n) is 7.19. The van der Waals surface area contributed by atoms with E-state index < -0.39 is 5.82 Å². The van der Waals surface area contributed by atoms with E-state index in [1.165, 1.54) is 38.5 Å². The molecule has 51 heavy (non-hydrogen) atoms. The molecule has 4 aromatic rings. The number of aryl methyl sites for hydroxylation is 1. The Morgan fingerprint density at radius 1 is 0.980 bits per heavy atom. The lowest BCUT2D eigenvalue weighted by molar-refractivity contribution is 0.108.